The smallest absolute Gasteiger partial charge is 0.291 e. The molecule has 20 heavy (non-hydrogen) atoms. The van der Waals surface area contributed by atoms with Gasteiger partial charge < -0.3 is 5.32 Å². The highest BCUT2D eigenvalue weighted by Crippen LogP contribution is 2.21. The zero-order valence-electron chi connectivity index (χ0n) is 12.1. The van der Waals surface area contributed by atoms with Gasteiger partial charge in [-0.3, -0.25) is 9.89 Å². The van der Waals surface area contributed by atoms with Crippen LogP contribution in [0.2, 0.25) is 0 Å². The van der Waals surface area contributed by atoms with E-state index in [-0.39, 0.29) is 23.7 Å². The molecule has 1 unspecified atom stereocenters. The van der Waals surface area contributed by atoms with Crippen LogP contribution in [0.1, 0.15) is 48.8 Å². The second kappa shape index (κ2) is 6.32. The lowest BCUT2D eigenvalue weighted by Gasteiger charge is -2.22. The van der Waals surface area contributed by atoms with Crippen LogP contribution in [0.4, 0.5) is 0 Å². The standard InChI is InChI=1S/C15H20N4O/c1-4-12-16-14(19-18-12)15(20)17-13(10(2)3)11-8-6-5-7-9-11/h5-10,13H,4H2,1-3H3,(H,17,20)(H,16,18,19). The Morgan fingerprint density at radius 1 is 1.30 bits per heavy atom. The monoisotopic (exact) mass is 272 g/mol. The minimum atomic E-state index is -0.247. The number of benzene rings is 1. The number of hydrogen-bond acceptors (Lipinski definition) is 3. The molecule has 0 aliphatic carbocycles. The fourth-order valence-corrected chi connectivity index (χ4v) is 2.06. The molecular weight excluding hydrogens is 252 g/mol. The number of aryl methyl sites for hydroxylation is 1. The van der Waals surface area contributed by atoms with Gasteiger partial charge in [0.15, 0.2) is 0 Å². The maximum absolute atomic E-state index is 12.2. The number of hydrogen-bond donors (Lipinski definition) is 2. The van der Waals surface area contributed by atoms with Crippen LogP contribution < -0.4 is 5.32 Å². The number of rotatable bonds is 5. The van der Waals surface area contributed by atoms with Crippen molar-refractivity contribution >= 4 is 5.91 Å². The van der Waals surface area contributed by atoms with E-state index in [0.717, 1.165) is 17.8 Å². The number of nitrogens with one attached hydrogen (secondary N) is 2. The third-order valence-electron chi connectivity index (χ3n) is 3.18. The molecule has 1 amide bonds. The Balaban J connectivity index is 2.14. The van der Waals surface area contributed by atoms with Crippen LogP contribution >= 0.6 is 0 Å². The lowest BCUT2D eigenvalue weighted by molar-refractivity contribution is 0.0915. The van der Waals surface area contributed by atoms with Gasteiger partial charge in [0.25, 0.3) is 5.91 Å². The van der Waals surface area contributed by atoms with Gasteiger partial charge in [0.1, 0.15) is 5.82 Å². The summed E-state index contributed by atoms with van der Waals surface area (Å²) in [6.07, 6.45) is 0.729. The summed E-state index contributed by atoms with van der Waals surface area (Å²) >= 11 is 0. The van der Waals surface area contributed by atoms with Crippen molar-refractivity contribution in [3.05, 3.63) is 47.5 Å². The summed E-state index contributed by atoms with van der Waals surface area (Å²) < 4.78 is 0. The summed E-state index contributed by atoms with van der Waals surface area (Å²) in [6.45, 7) is 6.11. The number of carbonyl (C=O) groups is 1. The maximum Gasteiger partial charge on any atom is 0.291 e. The van der Waals surface area contributed by atoms with E-state index in [0.29, 0.717) is 0 Å². The molecule has 0 spiro atoms. The van der Waals surface area contributed by atoms with E-state index in [9.17, 15) is 4.79 Å². The number of nitrogens with zero attached hydrogens (tertiary/aromatic N) is 2. The molecule has 0 saturated heterocycles. The average molecular weight is 272 g/mol. The molecule has 0 aliphatic heterocycles. The van der Waals surface area contributed by atoms with E-state index >= 15 is 0 Å². The number of H-pyrrole nitrogens is 1. The van der Waals surface area contributed by atoms with Crippen molar-refractivity contribution < 1.29 is 4.79 Å². The molecule has 0 radical (unpaired) electrons. The first-order valence-electron chi connectivity index (χ1n) is 6.89. The lowest BCUT2D eigenvalue weighted by atomic mass is 9.96. The third kappa shape index (κ3) is 3.23. The summed E-state index contributed by atoms with van der Waals surface area (Å²) in [4.78, 5) is 16.4. The Labute approximate surface area is 118 Å². The fraction of sp³-hybridized carbons (Fsp3) is 0.400. The molecule has 1 aromatic heterocycles. The van der Waals surface area contributed by atoms with Gasteiger partial charge in [0.2, 0.25) is 5.82 Å². The molecule has 0 saturated carbocycles. The van der Waals surface area contributed by atoms with Gasteiger partial charge in [0.05, 0.1) is 6.04 Å². The Kier molecular flexibility index (Phi) is 4.50. The van der Waals surface area contributed by atoms with Crippen LogP contribution in [0, 0.1) is 5.92 Å². The van der Waals surface area contributed by atoms with Gasteiger partial charge in [-0.05, 0) is 11.5 Å². The van der Waals surface area contributed by atoms with Crippen molar-refractivity contribution in [2.75, 3.05) is 0 Å². The largest absolute Gasteiger partial charge is 0.342 e. The summed E-state index contributed by atoms with van der Waals surface area (Å²) in [5, 5.41) is 9.70. The number of aromatic amines is 1. The Bertz CT molecular complexity index is 562. The Hall–Kier alpha value is -2.17. The SMILES string of the molecule is CCc1nc(C(=O)NC(c2ccccc2)C(C)C)n[nH]1. The van der Waals surface area contributed by atoms with Gasteiger partial charge >= 0.3 is 0 Å². The maximum atomic E-state index is 12.2. The van der Waals surface area contributed by atoms with Crippen molar-refractivity contribution in [1.29, 1.82) is 0 Å². The second-order valence-electron chi connectivity index (χ2n) is 5.07. The number of aromatic nitrogens is 3. The third-order valence-corrected chi connectivity index (χ3v) is 3.18. The molecule has 5 nitrogen and oxygen atoms in total. The zero-order chi connectivity index (χ0) is 14.5. The van der Waals surface area contributed by atoms with E-state index in [2.05, 4.69) is 34.3 Å². The molecular formula is C15H20N4O. The summed E-state index contributed by atoms with van der Waals surface area (Å²) in [6, 6.07) is 9.89. The summed E-state index contributed by atoms with van der Waals surface area (Å²) in [5.41, 5.74) is 1.09. The predicted octanol–water partition coefficient (Wildman–Crippen LogP) is 2.49. The fourth-order valence-electron chi connectivity index (χ4n) is 2.06. The van der Waals surface area contributed by atoms with Gasteiger partial charge in [-0.25, -0.2) is 4.98 Å². The van der Waals surface area contributed by atoms with Crippen molar-refractivity contribution in [2.24, 2.45) is 5.92 Å². The van der Waals surface area contributed by atoms with E-state index < -0.39 is 0 Å². The van der Waals surface area contributed by atoms with Crippen molar-refractivity contribution in [3.63, 3.8) is 0 Å². The predicted molar refractivity (Wildman–Crippen MR) is 77.2 cm³/mol. The second-order valence-corrected chi connectivity index (χ2v) is 5.07. The summed E-state index contributed by atoms with van der Waals surface area (Å²) in [5.74, 6) is 0.953. The molecule has 2 rings (SSSR count). The highest BCUT2D eigenvalue weighted by molar-refractivity contribution is 5.90. The Morgan fingerprint density at radius 3 is 2.55 bits per heavy atom. The van der Waals surface area contributed by atoms with Gasteiger partial charge in [-0.1, -0.05) is 51.1 Å². The molecule has 1 heterocycles. The quantitative estimate of drug-likeness (QED) is 0.878. The van der Waals surface area contributed by atoms with Crippen molar-refractivity contribution in [2.45, 2.75) is 33.2 Å². The molecule has 2 aromatic rings. The number of carbonyl (C=O) groups excluding carboxylic acids is 1. The molecule has 2 N–H and O–H groups in total. The van der Waals surface area contributed by atoms with Crippen LogP contribution in [0.25, 0.3) is 0 Å². The molecule has 106 valence electrons. The van der Waals surface area contributed by atoms with Crippen LogP contribution in [-0.4, -0.2) is 21.1 Å². The molecule has 1 aromatic carbocycles. The summed E-state index contributed by atoms with van der Waals surface area (Å²) in [7, 11) is 0. The van der Waals surface area contributed by atoms with E-state index in [1.165, 1.54) is 0 Å². The van der Waals surface area contributed by atoms with Crippen LogP contribution in [0.3, 0.4) is 0 Å². The zero-order valence-corrected chi connectivity index (χ0v) is 12.1. The van der Waals surface area contributed by atoms with Crippen molar-refractivity contribution in [3.8, 4) is 0 Å². The Morgan fingerprint density at radius 2 is 2.00 bits per heavy atom. The van der Waals surface area contributed by atoms with Gasteiger partial charge in [0, 0.05) is 6.42 Å². The highest BCUT2D eigenvalue weighted by atomic mass is 16.2. The van der Waals surface area contributed by atoms with E-state index in [4.69, 9.17) is 0 Å². The average Bonchev–Trinajstić information content (AvgIpc) is 2.94. The highest BCUT2D eigenvalue weighted by Gasteiger charge is 2.21. The minimum Gasteiger partial charge on any atom is -0.342 e. The molecule has 1 atom stereocenters. The molecule has 5 heteroatoms. The van der Waals surface area contributed by atoms with Crippen LogP contribution in [-0.2, 0) is 6.42 Å². The van der Waals surface area contributed by atoms with Crippen LogP contribution in [0.15, 0.2) is 30.3 Å². The van der Waals surface area contributed by atoms with Gasteiger partial charge in [-0.15, -0.1) is 5.10 Å². The molecule has 0 bridgehead atoms. The van der Waals surface area contributed by atoms with Crippen molar-refractivity contribution in [1.82, 2.24) is 20.5 Å². The number of amides is 1. The van der Waals surface area contributed by atoms with Crippen LogP contribution in [0.5, 0.6) is 0 Å². The topological polar surface area (TPSA) is 70.7 Å². The van der Waals surface area contributed by atoms with E-state index in [1.807, 2.05) is 37.3 Å². The molecule has 0 aliphatic rings. The lowest BCUT2D eigenvalue weighted by Crippen LogP contribution is -2.32. The minimum absolute atomic E-state index is 0.0488. The first-order chi connectivity index (χ1) is 9.61. The van der Waals surface area contributed by atoms with E-state index in [1.54, 1.807) is 0 Å². The van der Waals surface area contributed by atoms with Gasteiger partial charge in [-0.2, -0.15) is 0 Å². The first kappa shape index (κ1) is 14.2. The first-order valence-corrected chi connectivity index (χ1v) is 6.89. The molecule has 0 fully saturated rings. The normalized spacial score (nSPS) is 12.4.